The normalized spacial score (nSPS) is 18.1. The van der Waals surface area contributed by atoms with E-state index in [2.05, 4.69) is 23.1 Å². The molecule has 6 heterocycles. The summed E-state index contributed by atoms with van der Waals surface area (Å²) in [4.78, 5) is 13.2. The van der Waals surface area contributed by atoms with Gasteiger partial charge in [0.15, 0.2) is 12.1 Å². The summed E-state index contributed by atoms with van der Waals surface area (Å²) in [6.07, 6.45) is 7.81. The second kappa shape index (κ2) is 12.3. The summed E-state index contributed by atoms with van der Waals surface area (Å²) in [7, 11) is 0. The number of benzene rings is 1. The molecule has 2 fully saturated rings. The Hall–Kier alpha value is -3.64. The van der Waals surface area contributed by atoms with Crippen LogP contribution in [0.1, 0.15) is 37.6 Å². The van der Waals surface area contributed by atoms with Crippen molar-refractivity contribution in [2.45, 2.75) is 38.8 Å². The molecule has 0 amide bonds. The fraction of sp³-hybridized carbons (Fsp3) is 0.419. The van der Waals surface area contributed by atoms with Crippen LogP contribution >= 0.6 is 11.3 Å². The van der Waals surface area contributed by atoms with Gasteiger partial charge in [0.05, 0.1) is 42.3 Å². The highest BCUT2D eigenvalue weighted by atomic mass is 32.1. The van der Waals surface area contributed by atoms with Crippen LogP contribution < -0.4 is 4.74 Å². The highest BCUT2D eigenvalue weighted by Crippen LogP contribution is 2.42. The van der Waals surface area contributed by atoms with Gasteiger partial charge in [0.1, 0.15) is 22.0 Å². The molecule has 2 aliphatic heterocycles. The number of rotatable bonds is 9. The number of morpholine rings is 1. The SMILES string of the molecule is Cc1nn2ccc(OCCCN3CCOCC3)cc2c1-c1nc(-c2ccccc2)c(-c2ncn(C3CCCCO3)n2)s1. The van der Waals surface area contributed by atoms with Crippen molar-refractivity contribution in [1.29, 1.82) is 0 Å². The molecule has 2 saturated heterocycles. The Balaban J connectivity index is 1.19. The highest BCUT2D eigenvalue weighted by molar-refractivity contribution is 7.19. The van der Waals surface area contributed by atoms with Gasteiger partial charge >= 0.3 is 0 Å². The number of aromatic nitrogens is 6. The van der Waals surface area contributed by atoms with Crippen molar-refractivity contribution in [2.75, 3.05) is 46.1 Å². The van der Waals surface area contributed by atoms with Crippen molar-refractivity contribution in [2.24, 2.45) is 0 Å². The fourth-order valence-electron chi connectivity index (χ4n) is 5.62. The molecule has 218 valence electrons. The standard InChI is InChI=1S/C31H35N7O3S/c1-22-27(25-20-24(11-13-37(25)34-22)40-17-7-12-36-14-18-39-19-15-36)31-33-28(23-8-3-2-4-9-23)29(42-31)30-32-21-38(35-30)26-10-5-6-16-41-26/h2-4,8-9,11,13,20-21,26H,5-7,10,12,14-19H2,1H3. The molecule has 5 aromatic rings. The van der Waals surface area contributed by atoms with Gasteiger partial charge in [0.2, 0.25) is 0 Å². The highest BCUT2D eigenvalue weighted by Gasteiger charge is 2.24. The lowest BCUT2D eigenvalue weighted by atomic mass is 10.1. The van der Waals surface area contributed by atoms with E-state index in [0.717, 1.165) is 109 Å². The third-order valence-corrected chi connectivity index (χ3v) is 8.89. The number of aryl methyl sites for hydroxylation is 1. The van der Waals surface area contributed by atoms with E-state index in [9.17, 15) is 0 Å². The van der Waals surface area contributed by atoms with Gasteiger partial charge in [0, 0.05) is 44.1 Å². The van der Waals surface area contributed by atoms with Crippen molar-refractivity contribution in [3.8, 4) is 38.3 Å². The Kier molecular flexibility index (Phi) is 7.97. The Morgan fingerprint density at radius 1 is 1.05 bits per heavy atom. The zero-order chi connectivity index (χ0) is 28.3. The monoisotopic (exact) mass is 585 g/mol. The van der Waals surface area contributed by atoms with Crippen LogP contribution in [-0.2, 0) is 9.47 Å². The number of pyridine rings is 1. The summed E-state index contributed by atoms with van der Waals surface area (Å²) in [5.74, 6) is 1.49. The third-order valence-electron chi connectivity index (χ3n) is 7.82. The van der Waals surface area contributed by atoms with E-state index in [1.807, 2.05) is 46.6 Å². The van der Waals surface area contributed by atoms with Gasteiger partial charge in [-0.3, -0.25) is 4.90 Å². The van der Waals surface area contributed by atoms with Crippen molar-refractivity contribution >= 4 is 16.9 Å². The van der Waals surface area contributed by atoms with E-state index in [1.54, 1.807) is 17.7 Å². The maximum Gasteiger partial charge on any atom is 0.193 e. The summed E-state index contributed by atoms with van der Waals surface area (Å²) in [6.45, 7) is 8.09. The molecule has 11 heteroatoms. The average molecular weight is 586 g/mol. The fourth-order valence-corrected chi connectivity index (χ4v) is 6.75. The zero-order valence-corrected chi connectivity index (χ0v) is 24.6. The van der Waals surface area contributed by atoms with Crippen LogP contribution in [0, 0.1) is 6.92 Å². The molecule has 7 rings (SSSR count). The molecule has 0 bridgehead atoms. The van der Waals surface area contributed by atoms with Gasteiger partial charge in [-0.2, -0.15) is 5.10 Å². The molecule has 0 saturated carbocycles. The van der Waals surface area contributed by atoms with Gasteiger partial charge in [-0.25, -0.2) is 19.2 Å². The van der Waals surface area contributed by atoms with Crippen LogP contribution in [0.3, 0.4) is 0 Å². The molecule has 1 aromatic carbocycles. The van der Waals surface area contributed by atoms with Crippen LogP contribution in [-0.4, -0.2) is 80.3 Å². The summed E-state index contributed by atoms with van der Waals surface area (Å²) >= 11 is 1.60. The number of hydrogen-bond donors (Lipinski definition) is 0. The van der Waals surface area contributed by atoms with E-state index in [1.165, 1.54) is 0 Å². The number of thiazole rings is 1. The summed E-state index contributed by atoms with van der Waals surface area (Å²) in [6, 6.07) is 14.3. The first-order valence-corrected chi connectivity index (χ1v) is 15.6. The van der Waals surface area contributed by atoms with E-state index >= 15 is 0 Å². The first kappa shape index (κ1) is 27.2. The Morgan fingerprint density at radius 3 is 2.76 bits per heavy atom. The Morgan fingerprint density at radius 2 is 1.93 bits per heavy atom. The molecule has 4 aromatic heterocycles. The minimum Gasteiger partial charge on any atom is -0.493 e. The van der Waals surface area contributed by atoms with E-state index < -0.39 is 0 Å². The Labute approximate surface area is 248 Å². The molecule has 42 heavy (non-hydrogen) atoms. The lowest BCUT2D eigenvalue weighted by molar-refractivity contribution is -0.0395. The maximum atomic E-state index is 6.18. The van der Waals surface area contributed by atoms with Gasteiger partial charge < -0.3 is 14.2 Å². The van der Waals surface area contributed by atoms with Crippen molar-refractivity contribution in [1.82, 2.24) is 34.3 Å². The first-order chi connectivity index (χ1) is 20.7. The number of fused-ring (bicyclic) bond motifs is 1. The molecular formula is C31H35N7O3S. The number of ether oxygens (including phenoxy) is 3. The average Bonchev–Trinajstić information content (AvgIpc) is 3.77. The van der Waals surface area contributed by atoms with Gasteiger partial charge in [-0.05, 0) is 38.7 Å². The smallest absolute Gasteiger partial charge is 0.193 e. The predicted molar refractivity (Wildman–Crippen MR) is 162 cm³/mol. The Bertz CT molecular complexity index is 1640. The van der Waals surface area contributed by atoms with Crippen molar-refractivity contribution < 1.29 is 14.2 Å². The second-order valence-corrected chi connectivity index (χ2v) is 11.7. The van der Waals surface area contributed by atoms with Gasteiger partial charge in [-0.15, -0.1) is 16.4 Å². The first-order valence-electron chi connectivity index (χ1n) is 14.7. The minimum atomic E-state index is -0.0679. The lowest BCUT2D eigenvalue weighted by Crippen LogP contribution is -2.37. The number of hydrogen-bond acceptors (Lipinski definition) is 9. The molecule has 1 atom stereocenters. The molecule has 0 radical (unpaired) electrons. The summed E-state index contributed by atoms with van der Waals surface area (Å²) < 4.78 is 21.3. The van der Waals surface area contributed by atoms with E-state index in [0.29, 0.717) is 12.4 Å². The maximum absolute atomic E-state index is 6.18. The van der Waals surface area contributed by atoms with Crippen LogP contribution in [0.4, 0.5) is 0 Å². The predicted octanol–water partition coefficient (Wildman–Crippen LogP) is 5.49. The van der Waals surface area contributed by atoms with Gasteiger partial charge in [-0.1, -0.05) is 30.3 Å². The molecule has 10 nitrogen and oxygen atoms in total. The van der Waals surface area contributed by atoms with Crippen LogP contribution in [0.25, 0.3) is 38.0 Å². The minimum absolute atomic E-state index is 0.0679. The van der Waals surface area contributed by atoms with E-state index in [4.69, 9.17) is 34.4 Å². The second-order valence-electron chi connectivity index (χ2n) is 10.7. The molecule has 0 aliphatic carbocycles. The topological polar surface area (TPSA) is 91.8 Å². The zero-order valence-electron chi connectivity index (χ0n) is 23.8. The van der Waals surface area contributed by atoms with Crippen molar-refractivity contribution in [3.63, 3.8) is 0 Å². The molecule has 1 unspecified atom stereocenters. The lowest BCUT2D eigenvalue weighted by Gasteiger charge is -2.26. The van der Waals surface area contributed by atoms with E-state index in [-0.39, 0.29) is 6.23 Å². The largest absolute Gasteiger partial charge is 0.493 e. The third kappa shape index (κ3) is 5.69. The molecule has 0 N–H and O–H groups in total. The van der Waals surface area contributed by atoms with Crippen LogP contribution in [0.5, 0.6) is 5.75 Å². The number of nitrogens with zero attached hydrogens (tertiary/aromatic N) is 7. The molecular weight excluding hydrogens is 550 g/mol. The van der Waals surface area contributed by atoms with Crippen molar-refractivity contribution in [3.05, 3.63) is 60.7 Å². The van der Waals surface area contributed by atoms with Gasteiger partial charge in [0.25, 0.3) is 0 Å². The molecule has 0 spiro atoms. The quantitative estimate of drug-likeness (QED) is 0.210. The molecule has 2 aliphatic rings. The van der Waals surface area contributed by atoms with Crippen LogP contribution in [0.2, 0.25) is 0 Å². The van der Waals surface area contributed by atoms with Crippen LogP contribution in [0.15, 0.2) is 55.0 Å². The summed E-state index contributed by atoms with van der Waals surface area (Å²) in [5.41, 5.74) is 4.77. The summed E-state index contributed by atoms with van der Waals surface area (Å²) in [5, 5.41) is 10.5.